The van der Waals surface area contributed by atoms with Crippen molar-refractivity contribution in [2.45, 2.75) is 24.9 Å². The van der Waals surface area contributed by atoms with Gasteiger partial charge < -0.3 is 34.5 Å². The summed E-state index contributed by atoms with van der Waals surface area (Å²) in [6.45, 7) is -0.699. The molecule has 3 heterocycles. The Hall–Kier alpha value is -2.02. The van der Waals surface area contributed by atoms with Gasteiger partial charge in [0.1, 0.15) is 12.3 Å². The van der Waals surface area contributed by atoms with Gasteiger partial charge in [-0.1, -0.05) is 0 Å². The Bertz CT molecular complexity index is 927. The van der Waals surface area contributed by atoms with Gasteiger partial charge in [0.2, 0.25) is 5.95 Å². The minimum atomic E-state index is -5.23. The number of fused-ring (bicyclic) bond motifs is 1. The second kappa shape index (κ2) is 5.81. The molecule has 5 N–H and O–H groups in total. The number of phosphoric acid groups is 1. The molecule has 0 saturated carbocycles. The number of nitrogens with zero attached hydrogens (tertiary/aromatic N) is 2. The second-order valence-corrected chi connectivity index (χ2v) is 6.28. The average Bonchev–Trinajstić information content (AvgIpc) is 2.96. The highest BCUT2D eigenvalue weighted by Gasteiger charge is 2.37. The molecule has 14 heteroatoms. The zero-order chi connectivity index (χ0) is 17.6. The number of aromatic amines is 2. The summed E-state index contributed by atoms with van der Waals surface area (Å²) in [4.78, 5) is 53.2. The number of aliphatic hydroxyl groups is 1. The van der Waals surface area contributed by atoms with Crippen LogP contribution in [-0.4, -0.2) is 43.4 Å². The Labute approximate surface area is 132 Å². The van der Waals surface area contributed by atoms with E-state index in [1.165, 1.54) is 0 Å². The molecule has 132 valence electrons. The number of ether oxygens (including phenoxy) is 1. The normalized spacial score (nSPS) is 24.7. The fourth-order valence-electron chi connectivity index (χ4n) is 2.48. The first-order valence-corrected chi connectivity index (χ1v) is 8.12. The lowest BCUT2D eigenvalue weighted by atomic mass is 10.2. The number of phosphoric ester groups is 1. The monoisotopic (exact) mass is 361 g/mol. The maximum absolute atomic E-state index is 12.1. The highest BCUT2D eigenvalue weighted by atomic mass is 31.2. The molecule has 0 bridgehead atoms. The van der Waals surface area contributed by atoms with E-state index in [1.54, 1.807) is 0 Å². The van der Waals surface area contributed by atoms with E-state index in [2.05, 4.69) is 19.5 Å². The molecular weight excluding hydrogens is 349 g/mol. The number of hydrogen-bond acceptors (Lipinski definition) is 10. The lowest BCUT2D eigenvalue weighted by Crippen LogP contribution is -2.29. The zero-order valence-corrected chi connectivity index (χ0v) is 12.8. The first-order chi connectivity index (χ1) is 11.2. The van der Waals surface area contributed by atoms with Crippen LogP contribution in [0.4, 0.5) is 5.95 Å². The highest BCUT2D eigenvalue weighted by Crippen LogP contribution is 2.32. The molecule has 0 unspecified atom stereocenters. The van der Waals surface area contributed by atoms with E-state index in [-0.39, 0.29) is 23.5 Å². The van der Waals surface area contributed by atoms with Crippen LogP contribution in [0.25, 0.3) is 11.2 Å². The number of rotatable bonds is 4. The molecule has 1 aliphatic rings. The van der Waals surface area contributed by atoms with Crippen LogP contribution >= 0.6 is 7.82 Å². The van der Waals surface area contributed by atoms with Gasteiger partial charge in [0.25, 0.3) is 5.56 Å². The summed E-state index contributed by atoms with van der Waals surface area (Å²) in [5, 5.41) is 9.89. The molecule has 24 heavy (non-hydrogen) atoms. The fraction of sp³-hybridized carbons (Fsp3) is 0.500. The van der Waals surface area contributed by atoms with Crippen LogP contribution in [0.1, 0.15) is 12.6 Å². The number of hydrogen-bond donors (Lipinski definition) is 4. The van der Waals surface area contributed by atoms with Crippen LogP contribution < -0.4 is 26.8 Å². The second-order valence-electron chi connectivity index (χ2n) is 5.13. The number of nitrogens with one attached hydrogen (secondary N) is 2. The van der Waals surface area contributed by atoms with Crippen molar-refractivity contribution in [2.75, 3.05) is 12.3 Å². The number of imidazole rings is 1. The standard InChI is InChI=1S/C10H14N5O8P/c11-9-13-7-6(8(17)14-9)12-10(18)15(7)5-1-3(16)4(23-5)2-22-24(19,20)21/h3-5,16H,1-2H2,(H,12,18)(H2,19,20,21)(H3,11,13,14,17)/p-2/t3-,4+,5+/m0/s1. The summed E-state index contributed by atoms with van der Waals surface area (Å²) in [5.41, 5.74) is 3.84. The predicted molar refractivity (Wildman–Crippen MR) is 73.5 cm³/mol. The van der Waals surface area contributed by atoms with Crippen LogP contribution in [0.5, 0.6) is 0 Å². The molecule has 2 aromatic heterocycles. The summed E-state index contributed by atoms with van der Waals surface area (Å²) in [7, 11) is -5.23. The molecule has 1 aliphatic heterocycles. The summed E-state index contributed by atoms with van der Waals surface area (Å²) in [6.07, 6.45) is -3.52. The van der Waals surface area contributed by atoms with Crippen molar-refractivity contribution in [1.82, 2.24) is 19.5 Å². The van der Waals surface area contributed by atoms with Crippen molar-refractivity contribution in [2.24, 2.45) is 0 Å². The van der Waals surface area contributed by atoms with Crippen molar-refractivity contribution in [1.29, 1.82) is 0 Å². The van der Waals surface area contributed by atoms with E-state index >= 15 is 0 Å². The highest BCUT2D eigenvalue weighted by molar-refractivity contribution is 7.43. The molecule has 3 atom stereocenters. The Morgan fingerprint density at radius 1 is 1.46 bits per heavy atom. The molecule has 0 aromatic carbocycles. The van der Waals surface area contributed by atoms with Gasteiger partial charge in [-0.3, -0.25) is 14.8 Å². The molecule has 3 rings (SSSR count). The number of nitrogens with two attached hydrogens (primary N) is 1. The molecule has 0 spiro atoms. The Kier molecular flexibility index (Phi) is 4.07. The van der Waals surface area contributed by atoms with Gasteiger partial charge in [0, 0.05) is 6.42 Å². The Morgan fingerprint density at radius 3 is 2.83 bits per heavy atom. The number of H-pyrrole nitrogens is 2. The third-order valence-electron chi connectivity index (χ3n) is 3.49. The molecule has 1 fully saturated rings. The molecule has 1 saturated heterocycles. The van der Waals surface area contributed by atoms with Crippen molar-refractivity contribution >= 4 is 24.9 Å². The van der Waals surface area contributed by atoms with Gasteiger partial charge in [-0.05, 0) is 0 Å². The van der Waals surface area contributed by atoms with E-state index < -0.39 is 44.1 Å². The summed E-state index contributed by atoms with van der Waals surface area (Å²) >= 11 is 0. The molecular formula is C10H12N5O8P-2. The van der Waals surface area contributed by atoms with E-state index in [4.69, 9.17) is 10.5 Å². The van der Waals surface area contributed by atoms with Gasteiger partial charge >= 0.3 is 5.69 Å². The van der Waals surface area contributed by atoms with Crippen molar-refractivity contribution in [3.63, 3.8) is 0 Å². The van der Waals surface area contributed by atoms with E-state index in [9.17, 15) is 29.0 Å². The molecule has 0 aliphatic carbocycles. The topological polar surface area (TPSA) is 211 Å². The van der Waals surface area contributed by atoms with Gasteiger partial charge in [-0.15, -0.1) is 0 Å². The van der Waals surface area contributed by atoms with Crippen LogP contribution in [0.2, 0.25) is 0 Å². The van der Waals surface area contributed by atoms with E-state index in [0.29, 0.717) is 0 Å². The van der Waals surface area contributed by atoms with Gasteiger partial charge in [-0.25, -0.2) is 9.36 Å². The lowest BCUT2D eigenvalue weighted by Gasteiger charge is -2.30. The van der Waals surface area contributed by atoms with E-state index in [0.717, 1.165) is 4.57 Å². The number of nitrogen functional groups attached to an aromatic ring is 1. The maximum atomic E-state index is 12.1. The van der Waals surface area contributed by atoms with Crippen LogP contribution in [0, 0.1) is 0 Å². The first kappa shape index (κ1) is 16.8. The van der Waals surface area contributed by atoms with Crippen molar-refractivity contribution < 1.29 is 28.7 Å². The first-order valence-electron chi connectivity index (χ1n) is 6.66. The van der Waals surface area contributed by atoms with Gasteiger partial charge in [0.05, 0.1) is 20.5 Å². The zero-order valence-electron chi connectivity index (χ0n) is 11.9. The third-order valence-corrected chi connectivity index (χ3v) is 3.95. The molecule has 13 nitrogen and oxygen atoms in total. The lowest BCUT2D eigenvalue weighted by molar-refractivity contribution is -0.343. The maximum Gasteiger partial charge on any atom is 0.329 e. The molecule has 0 amide bonds. The van der Waals surface area contributed by atoms with Crippen LogP contribution in [-0.2, 0) is 13.8 Å². The molecule has 0 radical (unpaired) electrons. The average molecular weight is 361 g/mol. The Morgan fingerprint density at radius 2 is 2.17 bits per heavy atom. The quantitative estimate of drug-likeness (QED) is 0.394. The summed E-state index contributed by atoms with van der Waals surface area (Å²) in [5.74, 6) is -0.225. The summed E-state index contributed by atoms with van der Waals surface area (Å²) < 4.78 is 20.9. The van der Waals surface area contributed by atoms with Gasteiger partial charge in [-0.2, -0.15) is 4.98 Å². The SMILES string of the molecule is Nc1nc2c([nH]c(=O)n2[C@H]2C[C@H](O)[C@@H](COP(=O)([O-])[O-])O2)c(=O)[nH]1. The van der Waals surface area contributed by atoms with Crippen LogP contribution in [0.3, 0.4) is 0 Å². The molecule has 2 aromatic rings. The number of aliphatic hydroxyl groups excluding tert-OH is 1. The summed E-state index contributed by atoms with van der Waals surface area (Å²) in [6, 6.07) is 0. The van der Waals surface area contributed by atoms with E-state index in [1.807, 2.05) is 0 Å². The van der Waals surface area contributed by atoms with Crippen molar-refractivity contribution in [3.8, 4) is 0 Å². The van der Waals surface area contributed by atoms with Crippen LogP contribution in [0.15, 0.2) is 9.59 Å². The minimum absolute atomic E-state index is 0.0849. The predicted octanol–water partition coefficient (Wildman–Crippen LogP) is -3.51. The smallest absolute Gasteiger partial charge is 0.329 e. The third kappa shape index (κ3) is 3.13. The fourth-order valence-corrected chi connectivity index (χ4v) is 2.81. The number of aromatic nitrogens is 4. The Balaban J connectivity index is 1.92. The van der Waals surface area contributed by atoms with Gasteiger partial charge in [0.15, 0.2) is 11.2 Å². The minimum Gasteiger partial charge on any atom is -0.790 e. The number of anilines is 1. The van der Waals surface area contributed by atoms with Crippen molar-refractivity contribution in [3.05, 3.63) is 20.8 Å². The largest absolute Gasteiger partial charge is 0.790 e.